The van der Waals surface area contributed by atoms with E-state index in [2.05, 4.69) is 26.1 Å². The minimum absolute atomic E-state index is 0. The number of carboxylic acids is 1. The number of hydrogen-bond acceptors (Lipinski definition) is 7. The van der Waals surface area contributed by atoms with Gasteiger partial charge in [0.15, 0.2) is 0 Å². The van der Waals surface area contributed by atoms with Crippen LogP contribution in [0.1, 0.15) is 66.2 Å². The normalized spacial score (nSPS) is 24.1. The van der Waals surface area contributed by atoms with E-state index in [1.54, 1.807) is 0 Å². The van der Waals surface area contributed by atoms with E-state index < -0.39 is 15.2 Å². The lowest BCUT2D eigenvalue weighted by molar-refractivity contribution is -0.146. The van der Waals surface area contributed by atoms with Crippen LogP contribution in [-0.2, 0) is 23.6 Å². The summed E-state index contributed by atoms with van der Waals surface area (Å²) in [6.45, 7) is 0. The van der Waals surface area contributed by atoms with Crippen LogP contribution in [0.25, 0.3) is 0 Å². The Labute approximate surface area is 199 Å². The van der Waals surface area contributed by atoms with Gasteiger partial charge < -0.3 is 26.4 Å². The van der Waals surface area contributed by atoms with Gasteiger partial charge in [-0.2, -0.15) is 0 Å². The number of aliphatic carboxylic acids is 1. The summed E-state index contributed by atoms with van der Waals surface area (Å²) in [6.07, 6.45) is 6.97. The van der Waals surface area contributed by atoms with Crippen LogP contribution in [0.15, 0.2) is 0 Å². The summed E-state index contributed by atoms with van der Waals surface area (Å²) in [4.78, 5) is 21.4. The number of carboxylic acid groups (broad SMARTS) is 1. The molecule has 0 unspecified atom stereocenters. The monoisotopic (exact) mass is 518 g/mol. The van der Waals surface area contributed by atoms with Crippen LogP contribution in [0.4, 0.5) is 0 Å². The molecule has 0 heterocycles. The minimum atomic E-state index is -1.67. The summed E-state index contributed by atoms with van der Waals surface area (Å²) in [6, 6.07) is 0.548. The van der Waals surface area contributed by atoms with E-state index in [-0.39, 0.29) is 51.1 Å². The number of carbonyl (C=O) groups excluding carboxylic acids is 1. The predicted octanol–water partition coefficient (Wildman–Crippen LogP) is 3.61. The third kappa shape index (κ3) is 22.5. The molecule has 186 valence electrons. The SMILES string of the molecule is C.C.CO.COC(=O)C1CCC(N)CC1.Cl.NC1CCC(C(=O)O)CC1.O=S(Cl)Cl. The Morgan fingerprint density at radius 3 is 1.37 bits per heavy atom. The number of rotatable bonds is 2. The number of aliphatic hydroxyl groups is 1. The first kappa shape index (κ1) is 40.2. The van der Waals surface area contributed by atoms with Crippen LogP contribution >= 0.6 is 33.8 Å². The lowest BCUT2D eigenvalue weighted by atomic mass is 9.87. The zero-order valence-electron chi connectivity index (χ0n) is 16.2. The van der Waals surface area contributed by atoms with Crippen LogP contribution in [0, 0.1) is 11.8 Å². The summed E-state index contributed by atoms with van der Waals surface area (Å²) >= 11 is 0. The number of aliphatic hydroxyl groups excluding tert-OH is 1. The van der Waals surface area contributed by atoms with Crippen molar-refractivity contribution in [3.8, 4) is 0 Å². The number of nitrogens with two attached hydrogens (primary N) is 2. The second-order valence-corrected chi connectivity index (χ2v) is 8.79. The molecule has 0 aromatic rings. The van der Waals surface area contributed by atoms with E-state index in [4.69, 9.17) is 25.9 Å². The maximum atomic E-state index is 11.0. The molecule has 0 radical (unpaired) electrons. The van der Waals surface area contributed by atoms with Crippen molar-refractivity contribution in [1.29, 1.82) is 0 Å². The zero-order chi connectivity index (χ0) is 21.4. The van der Waals surface area contributed by atoms with Gasteiger partial charge in [0, 0.05) is 40.6 Å². The summed E-state index contributed by atoms with van der Waals surface area (Å²) in [5, 5.41) is 15.6. The number of ether oxygens (including phenoxy) is 1. The standard InChI is InChI=1S/C8H15NO2.C7H13NO2.CH4O.2CH4.Cl2OS.ClH/c1-11-8(10)6-2-4-7(9)5-3-6;8-6-3-1-5(2-4-6)7(9)10;1-2;;;1-4(2)3;/h6-7H,2-5,9H2,1H3;5-6H,1-4,8H2,(H,9,10);2H,1H3;2*1H4;;1H. The molecule has 2 fully saturated rings. The highest BCUT2D eigenvalue weighted by molar-refractivity contribution is 8.26. The third-order valence-corrected chi connectivity index (χ3v) is 4.43. The van der Waals surface area contributed by atoms with Crippen LogP contribution in [0.3, 0.4) is 0 Å². The summed E-state index contributed by atoms with van der Waals surface area (Å²) in [5.41, 5.74) is 11.3. The molecular formula is C18H41Cl3N2O6S. The average molecular weight is 520 g/mol. The fourth-order valence-electron chi connectivity index (χ4n) is 2.89. The van der Waals surface area contributed by atoms with Gasteiger partial charge in [-0.05, 0) is 51.4 Å². The van der Waals surface area contributed by atoms with E-state index in [0.717, 1.165) is 58.5 Å². The highest BCUT2D eigenvalue weighted by Gasteiger charge is 2.25. The molecule has 0 aliphatic heterocycles. The average Bonchev–Trinajstić information content (AvgIpc) is 2.64. The number of esters is 1. The van der Waals surface area contributed by atoms with Crippen molar-refractivity contribution in [1.82, 2.24) is 0 Å². The molecule has 0 bridgehead atoms. The van der Waals surface area contributed by atoms with Crippen LogP contribution in [0.2, 0.25) is 0 Å². The Hall–Kier alpha value is -0.160. The number of methoxy groups -OCH3 is 1. The molecule has 2 aliphatic rings. The number of halogens is 3. The molecule has 8 nitrogen and oxygen atoms in total. The van der Waals surface area contributed by atoms with Gasteiger partial charge in [0.1, 0.15) is 0 Å². The zero-order valence-corrected chi connectivity index (χ0v) is 19.4. The van der Waals surface area contributed by atoms with E-state index in [0.29, 0.717) is 6.04 Å². The topological polar surface area (TPSA) is 153 Å². The number of carbonyl (C=O) groups is 2. The highest BCUT2D eigenvalue weighted by atomic mass is 36.0. The highest BCUT2D eigenvalue weighted by Crippen LogP contribution is 2.24. The molecule has 0 saturated heterocycles. The van der Waals surface area contributed by atoms with Gasteiger partial charge in [0.25, 0.3) is 0 Å². The Morgan fingerprint density at radius 1 is 0.867 bits per heavy atom. The Kier molecular flexibility index (Phi) is 33.7. The second kappa shape index (κ2) is 25.1. The molecule has 6 N–H and O–H groups in total. The van der Waals surface area contributed by atoms with Crippen molar-refractivity contribution in [2.24, 2.45) is 23.3 Å². The molecule has 0 aromatic carbocycles. The Bertz CT molecular complexity index is 430. The second-order valence-electron chi connectivity index (χ2n) is 6.27. The smallest absolute Gasteiger partial charge is 0.308 e. The maximum absolute atomic E-state index is 11.0. The lowest BCUT2D eigenvalue weighted by Crippen LogP contribution is -2.30. The maximum Gasteiger partial charge on any atom is 0.308 e. The van der Waals surface area contributed by atoms with Crippen LogP contribution in [-0.4, -0.2) is 52.7 Å². The summed E-state index contributed by atoms with van der Waals surface area (Å²) in [7, 11) is 9.80. The minimum Gasteiger partial charge on any atom is -0.481 e. The quantitative estimate of drug-likeness (QED) is 0.319. The lowest BCUT2D eigenvalue weighted by Gasteiger charge is -2.23. The third-order valence-electron chi connectivity index (χ3n) is 4.43. The van der Waals surface area contributed by atoms with Crippen LogP contribution in [0.5, 0.6) is 0 Å². The molecule has 0 spiro atoms. The first-order valence-electron chi connectivity index (χ1n) is 8.68. The van der Waals surface area contributed by atoms with E-state index in [1.807, 2.05) is 0 Å². The largest absolute Gasteiger partial charge is 0.481 e. The molecular weight excluding hydrogens is 479 g/mol. The van der Waals surface area contributed by atoms with Gasteiger partial charge >= 0.3 is 11.9 Å². The predicted molar refractivity (Wildman–Crippen MR) is 128 cm³/mol. The van der Waals surface area contributed by atoms with Crippen molar-refractivity contribution in [2.75, 3.05) is 14.2 Å². The molecule has 12 heteroatoms. The summed E-state index contributed by atoms with van der Waals surface area (Å²) < 4.78 is 13.7. The Balaban J connectivity index is -0.000000103. The molecule has 0 amide bonds. The van der Waals surface area contributed by atoms with Gasteiger partial charge in [-0.3, -0.25) is 9.59 Å². The van der Waals surface area contributed by atoms with Crippen molar-refractivity contribution in [2.45, 2.75) is 78.3 Å². The van der Waals surface area contributed by atoms with E-state index >= 15 is 0 Å². The number of hydrogen-bond donors (Lipinski definition) is 4. The fourth-order valence-corrected chi connectivity index (χ4v) is 2.89. The molecule has 0 aromatic heterocycles. The van der Waals surface area contributed by atoms with Gasteiger partial charge in [0.2, 0.25) is 9.23 Å². The fraction of sp³-hybridized carbons (Fsp3) is 0.889. The van der Waals surface area contributed by atoms with E-state index in [1.165, 1.54) is 7.11 Å². The molecule has 2 aliphatic carbocycles. The molecule has 2 saturated carbocycles. The van der Waals surface area contributed by atoms with Gasteiger partial charge in [-0.1, -0.05) is 14.9 Å². The van der Waals surface area contributed by atoms with Crippen molar-refractivity contribution >= 4 is 54.9 Å². The van der Waals surface area contributed by atoms with Gasteiger partial charge in [0.05, 0.1) is 18.9 Å². The van der Waals surface area contributed by atoms with E-state index in [9.17, 15) is 9.59 Å². The molecule has 30 heavy (non-hydrogen) atoms. The first-order chi connectivity index (χ1) is 12.7. The van der Waals surface area contributed by atoms with Gasteiger partial charge in [-0.25, -0.2) is 4.21 Å². The van der Waals surface area contributed by atoms with Crippen molar-refractivity contribution in [3.63, 3.8) is 0 Å². The summed E-state index contributed by atoms with van der Waals surface area (Å²) in [5.74, 6) is -0.747. The van der Waals surface area contributed by atoms with Crippen molar-refractivity contribution < 1.29 is 28.7 Å². The molecule has 0 atom stereocenters. The molecule has 2 rings (SSSR count). The first-order valence-corrected chi connectivity index (χ1v) is 11.5. The Morgan fingerprint density at radius 2 is 1.13 bits per heavy atom. The van der Waals surface area contributed by atoms with Crippen LogP contribution < -0.4 is 11.5 Å². The van der Waals surface area contributed by atoms with Crippen molar-refractivity contribution in [3.05, 3.63) is 0 Å². The van der Waals surface area contributed by atoms with Gasteiger partial charge in [-0.15, -0.1) is 12.4 Å².